The maximum absolute atomic E-state index is 12.0. The van der Waals surface area contributed by atoms with E-state index >= 15 is 0 Å². The highest BCUT2D eigenvalue weighted by Gasteiger charge is 2.22. The fourth-order valence-electron chi connectivity index (χ4n) is 1.83. The molecule has 3 rings (SSSR count). The summed E-state index contributed by atoms with van der Waals surface area (Å²) in [4.78, 5) is 18.7. The predicted molar refractivity (Wildman–Crippen MR) is 76.3 cm³/mol. The number of aromatic nitrogens is 2. The van der Waals surface area contributed by atoms with Crippen LogP contribution in [0.2, 0.25) is 0 Å². The first-order chi connectivity index (χ1) is 9.13. The standard InChI is InChI=1S/C13H12BrN3O2/c14-8-3-1-7(2-4-8)10-11(18)16-13(17-12(10)19)15-9-5-6-9/h1-4,9H,5-6H2,(H3,15,16,17,18,19). The summed E-state index contributed by atoms with van der Waals surface area (Å²) in [7, 11) is 0. The SMILES string of the molecule is O=c1[nH]c(NC2CC2)nc(O)c1-c1ccc(Br)cc1. The average molecular weight is 322 g/mol. The Labute approximate surface area is 117 Å². The molecule has 0 atom stereocenters. The van der Waals surface area contributed by atoms with Crippen LogP contribution in [0, 0.1) is 0 Å². The minimum atomic E-state index is -0.349. The molecule has 0 aliphatic heterocycles. The minimum Gasteiger partial charge on any atom is -0.493 e. The molecule has 1 saturated carbocycles. The third-order valence-electron chi connectivity index (χ3n) is 2.95. The topological polar surface area (TPSA) is 78.0 Å². The first-order valence-electron chi connectivity index (χ1n) is 5.99. The zero-order valence-electron chi connectivity index (χ0n) is 9.98. The van der Waals surface area contributed by atoms with Crippen LogP contribution < -0.4 is 10.9 Å². The van der Waals surface area contributed by atoms with Gasteiger partial charge in [0.15, 0.2) is 0 Å². The van der Waals surface area contributed by atoms with Crippen molar-refractivity contribution < 1.29 is 5.11 Å². The summed E-state index contributed by atoms with van der Waals surface area (Å²) in [6.07, 6.45) is 2.14. The van der Waals surface area contributed by atoms with E-state index in [-0.39, 0.29) is 17.0 Å². The van der Waals surface area contributed by atoms with Gasteiger partial charge in [0.05, 0.1) is 0 Å². The molecule has 6 heteroatoms. The van der Waals surface area contributed by atoms with Gasteiger partial charge in [-0.2, -0.15) is 4.98 Å². The van der Waals surface area contributed by atoms with Gasteiger partial charge in [0.1, 0.15) is 5.56 Å². The normalized spacial score (nSPS) is 14.4. The zero-order chi connectivity index (χ0) is 13.4. The molecule has 0 amide bonds. The minimum absolute atomic E-state index is 0.189. The van der Waals surface area contributed by atoms with Crippen LogP contribution in [0.3, 0.4) is 0 Å². The Hall–Kier alpha value is -1.82. The molecule has 1 aliphatic carbocycles. The zero-order valence-corrected chi connectivity index (χ0v) is 11.6. The summed E-state index contributed by atoms with van der Waals surface area (Å²) in [5.41, 5.74) is 0.472. The first-order valence-corrected chi connectivity index (χ1v) is 6.78. The van der Waals surface area contributed by atoms with Crippen molar-refractivity contribution in [3.05, 3.63) is 39.1 Å². The molecule has 98 valence electrons. The van der Waals surface area contributed by atoms with Gasteiger partial charge < -0.3 is 10.4 Å². The van der Waals surface area contributed by atoms with Crippen molar-refractivity contribution in [3.63, 3.8) is 0 Å². The fraction of sp³-hybridized carbons (Fsp3) is 0.231. The Bertz CT molecular complexity index is 663. The molecule has 1 aromatic carbocycles. The summed E-state index contributed by atoms with van der Waals surface area (Å²) >= 11 is 3.33. The number of nitrogens with one attached hydrogen (secondary N) is 2. The van der Waals surface area contributed by atoms with E-state index in [1.165, 1.54) is 0 Å². The molecular formula is C13H12BrN3O2. The predicted octanol–water partition coefficient (Wildman–Crippen LogP) is 2.48. The number of hydrogen-bond donors (Lipinski definition) is 3. The first kappa shape index (κ1) is 12.2. The molecule has 2 aromatic rings. The molecule has 3 N–H and O–H groups in total. The second kappa shape index (κ2) is 4.70. The number of aromatic amines is 1. The monoisotopic (exact) mass is 321 g/mol. The van der Waals surface area contributed by atoms with Crippen molar-refractivity contribution in [3.8, 4) is 17.0 Å². The average Bonchev–Trinajstić information content (AvgIpc) is 3.14. The lowest BCUT2D eigenvalue weighted by atomic mass is 10.1. The number of benzene rings is 1. The van der Waals surface area contributed by atoms with E-state index in [2.05, 4.69) is 31.2 Å². The molecule has 0 saturated heterocycles. The van der Waals surface area contributed by atoms with Crippen LogP contribution in [0.4, 0.5) is 5.95 Å². The van der Waals surface area contributed by atoms with Crippen LogP contribution in [-0.2, 0) is 0 Å². The van der Waals surface area contributed by atoms with Crippen molar-refractivity contribution in [1.29, 1.82) is 0 Å². The lowest BCUT2D eigenvalue weighted by molar-refractivity contribution is 0.454. The number of aromatic hydroxyl groups is 1. The van der Waals surface area contributed by atoms with Crippen molar-refractivity contribution in [2.45, 2.75) is 18.9 Å². The van der Waals surface area contributed by atoms with Gasteiger partial charge in [-0.25, -0.2) is 0 Å². The Morgan fingerprint density at radius 3 is 2.58 bits per heavy atom. The molecule has 1 aromatic heterocycles. The lowest BCUT2D eigenvalue weighted by Gasteiger charge is -2.07. The van der Waals surface area contributed by atoms with E-state index in [9.17, 15) is 9.90 Å². The summed E-state index contributed by atoms with van der Waals surface area (Å²) in [6.45, 7) is 0. The van der Waals surface area contributed by atoms with E-state index in [0.717, 1.165) is 17.3 Å². The van der Waals surface area contributed by atoms with Crippen molar-refractivity contribution in [2.75, 3.05) is 5.32 Å². The summed E-state index contributed by atoms with van der Waals surface area (Å²) in [5, 5.41) is 13.0. The van der Waals surface area contributed by atoms with E-state index < -0.39 is 0 Å². The largest absolute Gasteiger partial charge is 0.493 e. The Balaban J connectivity index is 2.01. The van der Waals surface area contributed by atoms with Gasteiger partial charge in [-0.15, -0.1) is 0 Å². The van der Waals surface area contributed by atoms with Gasteiger partial charge in [-0.3, -0.25) is 9.78 Å². The molecule has 5 nitrogen and oxygen atoms in total. The summed E-state index contributed by atoms with van der Waals surface area (Å²) < 4.78 is 0.909. The molecule has 0 bridgehead atoms. The molecule has 0 spiro atoms. The maximum atomic E-state index is 12.0. The van der Waals surface area contributed by atoms with Crippen LogP contribution in [0.1, 0.15) is 12.8 Å². The van der Waals surface area contributed by atoms with Gasteiger partial charge in [-0.1, -0.05) is 28.1 Å². The van der Waals surface area contributed by atoms with Gasteiger partial charge in [0, 0.05) is 10.5 Å². The number of H-pyrrole nitrogens is 1. The van der Waals surface area contributed by atoms with Gasteiger partial charge in [-0.05, 0) is 30.5 Å². The quantitative estimate of drug-likeness (QED) is 0.811. The number of rotatable bonds is 3. The van der Waals surface area contributed by atoms with Crippen LogP contribution in [0.25, 0.3) is 11.1 Å². The van der Waals surface area contributed by atoms with Gasteiger partial charge in [0.25, 0.3) is 5.56 Å². The van der Waals surface area contributed by atoms with Crippen molar-refractivity contribution in [1.82, 2.24) is 9.97 Å². The maximum Gasteiger partial charge on any atom is 0.264 e. The van der Waals surface area contributed by atoms with E-state index in [1.54, 1.807) is 12.1 Å². The molecular weight excluding hydrogens is 310 g/mol. The Kier molecular flexibility index (Phi) is 3.02. The van der Waals surface area contributed by atoms with Crippen molar-refractivity contribution in [2.24, 2.45) is 0 Å². The highest BCUT2D eigenvalue weighted by molar-refractivity contribution is 9.10. The number of nitrogens with zero attached hydrogens (tertiary/aromatic N) is 1. The molecule has 1 aliphatic rings. The number of hydrogen-bond acceptors (Lipinski definition) is 4. The molecule has 19 heavy (non-hydrogen) atoms. The highest BCUT2D eigenvalue weighted by Crippen LogP contribution is 2.27. The summed E-state index contributed by atoms with van der Waals surface area (Å²) in [6, 6.07) is 7.49. The molecule has 1 fully saturated rings. The third kappa shape index (κ3) is 2.63. The van der Waals surface area contributed by atoms with E-state index in [0.29, 0.717) is 17.6 Å². The molecule has 0 radical (unpaired) electrons. The lowest BCUT2D eigenvalue weighted by Crippen LogP contribution is -2.15. The van der Waals surface area contributed by atoms with E-state index in [1.807, 2.05) is 12.1 Å². The van der Waals surface area contributed by atoms with Gasteiger partial charge >= 0.3 is 0 Å². The number of halogens is 1. The third-order valence-corrected chi connectivity index (χ3v) is 3.48. The Morgan fingerprint density at radius 1 is 1.32 bits per heavy atom. The fourth-order valence-corrected chi connectivity index (χ4v) is 2.09. The van der Waals surface area contributed by atoms with Crippen LogP contribution >= 0.6 is 15.9 Å². The van der Waals surface area contributed by atoms with Gasteiger partial charge in [0.2, 0.25) is 11.8 Å². The smallest absolute Gasteiger partial charge is 0.264 e. The second-order valence-corrected chi connectivity index (χ2v) is 5.45. The van der Waals surface area contributed by atoms with Crippen LogP contribution in [-0.4, -0.2) is 21.1 Å². The molecule has 1 heterocycles. The molecule has 0 unspecified atom stereocenters. The van der Waals surface area contributed by atoms with Crippen molar-refractivity contribution >= 4 is 21.9 Å². The van der Waals surface area contributed by atoms with Crippen LogP contribution in [0.5, 0.6) is 5.88 Å². The van der Waals surface area contributed by atoms with E-state index in [4.69, 9.17) is 0 Å². The summed E-state index contributed by atoms with van der Waals surface area (Å²) in [5.74, 6) is 0.0695. The Morgan fingerprint density at radius 2 is 2.00 bits per heavy atom. The highest BCUT2D eigenvalue weighted by atomic mass is 79.9. The second-order valence-electron chi connectivity index (χ2n) is 4.54. The number of anilines is 1. The van der Waals surface area contributed by atoms with Crippen LogP contribution in [0.15, 0.2) is 33.5 Å².